The molecule has 1 aliphatic carbocycles. The summed E-state index contributed by atoms with van der Waals surface area (Å²) in [6.07, 6.45) is 4.21. The molecular formula is C8H15Br. The van der Waals surface area contributed by atoms with E-state index in [1.165, 1.54) is 24.6 Å². The lowest BCUT2D eigenvalue weighted by molar-refractivity contribution is 0.481. The highest BCUT2D eigenvalue weighted by Gasteiger charge is 2.48. The van der Waals surface area contributed by atoms with Gasteiger partial charge < -0.3 is 0 Å². The van der Waals surface area contributed by atoms with Crippen LogP contribution in [-0.2, 0) is 0 Å². The van der Waals surface area contributed by atoms with Gasteiger partial charge in [0, 0.05) is 5.33 Å². The monoisotopic (exact) mass is 190 g/mol. The molecule has 0 N–H and O–H groups in total. The van der Waals surface area contributed by atoms with E-state index >= 15 is 0 Å². The number of hydrogen-bond acceptors (Lipinski definition) is 0. The van der Waals surface area contributed by atoms with Gasteiger partial charge in [0.05, 0.1) is 0 Å². The van der Waals surface area contributed by atoms with Crippen LogP contribution in [-0.4, -0.2) is 5.33 Å². The van der Waals surface area contributed by atoms with Gasteiger partial charge in [-0.15, -0.1) is 0 Å². The lowest BCUT2D eigenvalue weighted by atomic mass is 10.0. The Balaban J connectivity index is 2.33. The van der Waals surface area contributed by atoms with Crippen molar-refractivity contribution in [1.82, 2.24) is 0 Å². The minimum absolute atomic E-state index is 0.717. The first kappa shape index (κ1) is 7.59. The zero-order valence-corrected chi connectivity index (χ0v) is 7.87. The van der Waals surface area contributed by atoms with Crippen LogP contribution >= 0.6 is 15.9 Å². The Hall–Kier alpha value is 0.480. The second-order valence-electron chi connectivity index (χ2n) is 3.35. The zero-order chi connectivity index (χ0) is 6.91. The van der Waals surface area contributed by atoms with Gasteiger partial charge in [-0.1, -0.05) is 36.2 Å². The fourth-order valence-electron chi connectivity index (χ4n) is 1.65. The minimum Gasteiger partial charge on any atom is -0.0922 e. The van der Waals surface area contributed by atoms with Gasteiger partial charge in [0.25, 0.3) is 0 Å². The van der Waals surface area contributed by atoms with Crippen LogP contribution in [0.25, 0.3) is 0 Å². The van der Waals surface area contributed by atoms with E-state index in [4.69, 9.17) is 0 Å². The maximum atomic E-state index is 3.57. The Morgan fingerprint density at radius 1 is 1.67 bits per heavy atom. The molecule has 0 amide bonds. The van der Waals surface area contributed by atoms with Crippen molar-refractivity contribution >= 4 is 15.9 Å². The maximum absolute atomic E-state index is 3.57. The molecule has 0 radical (unpaired) electrons. The van der Waals surface area contributed by atoms with Gasteiger partial charge in [-0.2, -0.15) is 0 Å². The third-order valence-electron chi connectivity index (χ3n) is 2.61. The Kier molecular flexibility index (Phi) is 2.20. The van der Waals surface area contributed by atoms with E-state index in [0.29, 0.717) is 0 Å². The zero-order valence-electron chi connectivity index (χ0n) is 6.28. The summed E-state index contributed by atoms with van der Waals surface area (Å²) in [7, 11) is 0. The summed E-state index contributed by atoms with van der Waals surface area (Å²) >= 11 is 3.57. The second kappa shape index (κ2) is 2.61. The molecule has 0 aromatic carbocycles. The molecule has 0 spiro atoms. The highest BCUT2D eigenvalue weighted by atomic mass is 79.9. The average molecular weight is 191 g/mol. The van der Waals surface area contributed by atoms with Crippen molar-refractivity contribution in [2.24, 2.45) is 11.3 Å². The SMILES string of the molecule is CCCC1(CBr)CC1C. The highest BCUT2D eigenvalue weighted by molar-refractivity contribution is 9.09. The Labute approximate surface area is 66.2 Å². The molecule has 1 aliphatic rings. The number of alkyl halides is 1. The summed E-state index contributed by atoms with van der Waals surface area (Å²) in [6.45, 7) is 4.63. The van der Waals surface area contributed by atoms with Gasteiger partial charge in [0.15, 0.2) is 0 Å². The summed E-state index contributed by atoms with van der Waals surface area (Å²) in [5, 5.41) is 1.22. The molecule has 1 saturated carbocycles. The standard InChI is InChI=1S/C8H15Br/c1-3-4-8(6-9)5-7(8)2/h7H,3-6H2,1-2H3. The minimum atomic E-state index is 0.717. The Morgan fingerprint density at radius 2 is 2.22 bits per heavy atom. The molecule has 0 aliphatic heterocycles. The van der Waals surface area contributed by atoms with E-state index in [-0.39, 0.29) is 0 Å². The van der Waals surface area contributed by atoms with Crippen LogP contribution in [0.2, 0.25) is 0 Å². The fraction of sp³-hybridized carbons (Fsp3) is 1.00. The van der Waals surface area contributed by atoms with Crippen LogP contribution in [0.4, 0.5) is 0 Å². The molecule has 9 heavy (non-hydrogen) atoms. The van der Waals surface area contributed by atoms with Gasteiger partial charge in [0.2, 0.25) is 0 Å². The molecule has 0 aromatic heterocycles. The van der Waals surface area contributed by atoms with Crippen molar-refractivity contribution in [3.05, 3.63) is 0 Å². The summed E-state index contributed by atoms with van der Waals surface area (Å²) in [4.78, 5) is 0. The van der Waals surface area contributed by atoms with E-state index in [0.717, 1.165) is 11.3 Å². The van der Waals surface area contributed by atoms with Crippen LogP contribution in [0.15, 0.2) is 0 Å². The Morgan fingerprint density at radius 3 is 2.33 bits per heavy atom. The number of rotatable bonds is 3. The smallest absolute Gasteiger partial charge is 0.00906 e. The molecule has 0 nitrogen and oxygen atoms in total. The summed E-state index contributed by atoms with van der Waals surface area (Å²) in [5.74, 6) is 0.983. The molecular weight excluding hydrogens is 176 g/mol. The molecule has 0 heterocycles. The van der Waals surface area contributed by atoms with Crippen LogP contribution in [0.3, 0.4) is 0 Å². The Bertz CT molecular complexity index is 96.7. The topological polar surface area (TPSA) is 0 Å². The van der Waals surface area contributed by atoms with Crippen molar-refractivity contribution in [2.75, 3.05) is 5.33 Å². The molecule has 0 saturated heterocycles. The lowest BCUT2D eigenvalue weighted by Crippen LogP contribution is -2.03. The molecule has 1 heteroatoms. The summed E-state index contributed by atoms with van der Waals surface area (Å²) in [5.41, 5.74) is 0.717. The van der Waals surface area contributed by atoms with Crippen molar-refractivity contribution in [3.8, 4) is 0 Å². The van der Waals surface area contributed by atoms with E-state index in [2.05, 4.69) is 29.8 Å². The van der Waals surface area contributed by atoms with Crippen LogP contribution in [0, 0.1) is 11.3 Å². The predicted molar refractivity (Wildman–Crippen MR) is 44.9 cm³/mol. The van der Waals surface area contributed by atoms with E-state index in [1.807, 2.05) is 0 Å². The molecule has 54 valence electrons. The summed E-state index contributed by atoms with van der Waals surface area (Å²) < 4.78 is 0. The first-order valence-electron chi connectivity index (χ1n) is 3.81. The van der Waals surface area contributed by atoms with Gasteiger partial charge in [-0.05, 0) is 24.2 Å². The van der Waals surface area contributed by atoms with Crippen LogP contribution in [0.1, 0.15) is 33.1 Å². The second-order valence-corrected chi connectivity index (χ2v) is 3.91. The molecule has 1 fully saturated rings. The highest BCUT2D eigenvalue weighted by Crippen LogP contribution is 2.56. The number of hydrogen-bond donors (Lipinski definition) is 0. The van der Waals surface area contributed by atoms with E-state index in [9.17, 15) is 0 Å². The molecule has 1 rings (SSSR count). The quantitative estimate of drug-likeness (QED) is 0.601. The van der Waals surface area contributed by atoms with Crippen LogP contribution < -0.4 is 0 Å². The van der Waals surface area contributed by atoms with Gasteiger partial charge in [0.1, 0.15) is 0 Å². The maximum Gasteiger partial charge on any atom is 0.00906 e. The van der Waals surface area contributed by atoms with Crippen molar-refractivity contribution in [1.29, 1.82) is 0 Å². The van der Waals surface area contributed by atoms with Gasteiger partial charge in [-0.25, -0.2) is 0 Å². The van der Waals surface area contributed by atoms with Gasteiger partial charge >= 0.3 is 0 Å². The first-order valence-corrected chi connectivity index (χ1v) is 4.93. The van der Waals surface area contributed by atoms with E-state index in [1.54, 1.807) is 0 Å². The average Bonchev–Trinajstić information content (AvgIpc) is 2.45. The number of halogens is 1. The first-order chi connectivity index (χ1) is 4.25. The van der Waals surface area contributed by atoms with E-state index < -0.39 is 0 Å². The normalized spacial score (nSPS) is 41.0. The van der Waals surface area contributed by atoms with Crippen molar-refractivity contribution in [2.45, 2.75) is 33.1 Å². The third kappa shape index (κ3) is 1.31. The largest absolute Gasteiger partial charge is 0.0922 e. The van der Waals surface area contributed by atoms with Crippen molar-refractivity contribution in [3.63, 3.8) is 0 Å². The lowest BCUT2D eigenvalue weighted by Gasteiger charge is -2.09. The predicted octanol–water partition coefficient (Wildman–Crippen LogP) is 3.21. The molecule has 0 bridgehead atoms. The molecule has 2 atom stereocenters. The van der Waals surface area contributed by atoms with Gasteiger partial charge in [-0.3, -0.25) is 0 Å². The summed E-state index contributed by atoms with van der Waals surface area (Å²) in [6, 6.07) is 0. The fourth-order valence-corrected chi connectivity index (χ4v) is 2.71. The molecule has 2 unspecified atom stereocenters. The van der Waals surface area contributed by atoms with Crippen molar-refractivity contribution < 1.29 is 0 Å². The van der Waals surface area contributed by atoms with Crippen LogP contribution in [0.5, 0.6) is 0 Å². The third-order valence-corrected chi connectivity index (χ3v) is 3.73. The molecule has 0 aromatic rings.